The van der Waals surface area contributed by atoms with Gasteiger partial charge in [0.1, 0.15) is 17.0 Å². The summed E-state index contributed by atoms with van der Waals surface area (Å²) in [6.45, 7) is 0. The van der Waals surface area contributed by atoms with Gasteiger partial charge in [-0.25, -0.2) is 8.42 Å². The van der Waals surface area contributed by atoms with Gasteiger partial charge in [-0.05, 0) is 24.3 Å². The number of nitrogens with two attached hydrogens (primary N) is 1. The lowest BCUT2D eigenvalue weighted by Crippen LogP contribution is -2.24. The van der Waals surface area contributed by atoms with Gasteiger partial charge in [-0.1, -0.05) is 30.3 Å². The first-order valence-electron chi connectivity index (χ1n) is 7.27. The van der Waals surface area contributed by atoms with E-state index in [2.05, 4.69) is 5.32 Å². The maximum Gasteiger partial charge on any atom is 0.286 e. The van der Waals surface area contributed by atoms with Crippen LogP contribution < -0.4 is 11.1 Å². The van der Waals surface area contributed by atoms with Gasteiger partial charge >= 0.3 is 0 Å². The molecule has 0 atom stereocenters. The molecule has 7 nitrogen and oxygen atoms in total. The van der Waals surface area contributed by atoms with Crippen LogP contribution in [0.3, 0.4) is 0 Å². The molecule has 0 spiro atoms. The molecule has 0 bridgehead atoms. The Morgan fingerprint density at radius 3 is 2.32 bits per heavy atom. The first kappa shape index (κ1) is 16.7. The quantitative estimate of drug-likeness (QED) is 0.722. The smallest absolute Gasteiger partial charge is 0.286 e. The molecule has 25 heavy (non-hydrogen) atoms. The van der Waals surface area contributed by atoms with Crippen molar-refractivity contribution in [2.45, 2.75) is 4.90 Å². The van der Waals surface area contributed by atoms with Crippen LogP contribution in [0.25, 0.3) is 11.0 Å². The van der Waals surface area contributed by atoms with Crippen LogP contribution in [0.15, 0.2) is 63.9 Å². The summed E-state index contributed by atoms with van der Waals surface area (Å²) < 4.78 is 29.9. The van der Waals surface area contributed by atoms with E-state index < -0.39 is 27.4 Å². The molecule has 0 aliphatic carbocycles. The van der Waals surface area contributed by atoms with E-state index in [4.69, 9.17) is 10.2 Å². The number of nitrogens with one attached hydrogen (secondary N) is 1. The molecule has 2 aromatic carbocycles. The summed E-state index contributed by atoms with van der Waals surface area (Å²) >= 11 is 0. The van der Waals surface area contributed by atoms with Crippen LogP contribution in [0, 0.1) is 0 Å². The van der Waals surface area contributed by atoms with Crippen LogP contribution in [-0.4, -0.2) is 26.0 Å². The number of hydrogen-bond donors (Lipinski definition) is 2. The van der Waals surface area contributed by atoms with Gasteiger partial charge in [0.2, 0.25) is 11.7 Å². The second-order valence-corrected chi connectivity index (χ2v) is 7.28. The van der Waals surface area contributed by atoms with Crippen LogP contribution in [-0.2, 0) is 14.6 Å². The van der Waals surface area contributed by atoms with E-state index in [1.165, 1.54) is 12.1 Å². The Hall–Kier alpha value is -3.13. The maximum absolute atomic E-state index is 12.3. The Labute approximate surface area is 143 Å². The average Bonchev–Trinajstić information content (AvgIpc) is 2.94. The van der Waals surface area contributed by atoms with Gasteiger partial charge in [0.05, 0.1) is 4.90 Å². The molecule has 0 radical (unpaired) electrons. The first-order chi connectivity index (χ1) is 11.9. The zero-order chi connectivity index (χ0) is 18.0. The van der Waals surface area contributed by atoms with Crippen LogP contribution in [0.1, 0.15) is 10.6 Å². The first-order valence-corrected chi connectivity index (χ1v) is 8.93. The Bertz CT molecular complexity index is 1060. The van der Waals surface area contributed by atoms with Gasteiger partial charge < -0.3 is 15.5 Å². The number of carbonyl (C=O) groups is 2. The Morgan fingerprint density at radius 1 is 1.00 bits per heavy atom. The molecular formula is C17H14N2O5S. The van der Waals surface area contributed by atoms with Crippen LogP contribution in [0.4, 0.5) is 5.69 Å². The normalized spacial score (nSPS) is 11.4. The van der Waals surface area contributed by atoms with Crippen molar-refractivity contribution in [2.24, 2.45) is 5.73 Å². The van der Waals surface area contributed by atoms with Crippen LogP contribution in [0.5, 0.6) is 0 Å². The third-order valence-electron chi connectivity index (χ3n) is 3.51. The van der Waals surface area contributed by atoms with E-state index in [1.807, 2.05) is 0 Å². The minimum absolute atomic E-state index is 0.0392. The molecule has 3 aromatic rings. The Balaban J connectivity index is 1.90. The number of primary amides is 1. The molecule has 0 saturated heterocycles. The van der Waals surface area contributed by atoms with Gasteiger partial charge in [0.15, 0.2) is 9.84 Å². The fraction of sp³-hybridized carbons (Fsp3) is 0.0588. The highest BCUT2D eigenvalue weighted by Crippen LogP contribution is 2.30. The molecule has 0 saturated carbocycles. The summed E-state index contributed by atoms with van der Waals surface area (Å²) in [4.78, 5) is 23.8. The number of benzene rings is 2. The highest BCUT2D eigenvalue weighted by atomic mass is 32.2. The highest BCUT2D eigenvalue weighted by molar-refractivity contribution is 7.92. The van der Waals surface area contributed by atoms with Crippen LogP contribution in [0.2, 0.25) is 0 Å². The van der Waals surface area contributed by atoms with Gasteiger partial charge in [0.25, 0.3) is 5.91 Å². The van der Waals surface area contributed by atoms with E-state index in [1.54, 1.807) is 42.5 Å². The summed E-state index contributed by atoms with van der Waals surface area (Å²) in [5.41, 5.74) is 5.70. The Kier molecular flexibility index (Phi) is 4.28. The number of amides is 2. The SMILES string of the molecule is NC(=O)c1oc2ccccc2c1NC(=O)CS(=O)(=O)c1ccccc1. The number of fused-ring (bicyclic) bond motifs is 1. The third-order valence-corrected chi connectivity index (χ3v) is 5.14. The fourth-order valence-corrected chi connectivity index (χ4v) is 3.56. The van der Waals surface area contributed by atoms with Gasteiger partial charge in [-0.15, -0.1) is 0 Å². The third kappa shape index (κ3) is 3.38. The van der Waals surface area contributed by atoms with Crippen molar-refractivity contribution in [2.75, 3.05) is 11.1 Å². The summed E-state index contributed by atoms with van der Waals surface area (Å²) in [6, 6.07) is 14.3. The molecule has 0 unspecified atom stereocenters. The number of para-hydroxylation sites is 1. The second kappa shape index (κ2) is 6.40. The minimum Gasteiger partial charge on any atom is -0.449 e. The van der Waals surface area contributed by atoms with E-state index >= 15 is 0 Å². The largest absolute Gasteiger partial charge is 0.449 e. The van der Waals surface area contributed by atoms with Gasteiger partial charge in [-0.3, -0.25) is 9.59 Å². The summed E-state index contributed by atoms with van der Waals surface area (Å²) in [6.07, 6.45) is 0. The second-order valence-electron chi connectivity index (χ2n) is 5.29. The summed E-state index contributed by atoms with van der Waals surface area (Å²) in [5.74, 6) is -2.66. The standard InChI is InChI=1S/C17H14N2O5S/c18-17(21)16-15(12-8-4-5-9-13(12)24-16)19-14(20)10-25(22,23)11-6-2-1-3-7-11/h1-9H,10H2,(H2,18,21)(H,19,20). The fourth-order valence-electron chi connectivity index (χ4n) is 2.40. The van der Waals surface area contributed by atoms with Crippen molar-refractivity contribution in [1.29, 1.82) is 0 Å². The minimum atomic E-state index is -3.81. The molecule has 128 valence electrons. The van der Waals surface area contributed by atoms with E-state index in [0.29, 0.717) is 11.0 Å². The van der Waals surface area contributed by atoms with Crippen molar-refractivity contribution in [3.63, 3.8) is 0 Å². The topological polar surface area (TPSA) is 119 Å². The molecule has 3 rings (SSSR count). The van der Waals surface area contributed by atoms with Crippen molar-refractivity contribution in [1.82, 2.24) is 0 Å². The predicted molar refractivity (Wildman–Crippen MR) is 91.9 cm³/mol. The van der Waals surface area contributed by atoms with Crippen molar-refractivity contribution in [3.8, 4) is 0 Å². The number of rotatable bonds is 5. The summed E-state index contributed by atoms with van der Waals surface area (Å²) in [7, 11) is -3.81. The summed E-state index contributed by atoms with van der Waals surface area (Å²) in [5, 5.41) is 2.89. The Morgan fingerprint density at radius 2 is 1.64 bits per heavy atom. The van der Waals surface area contributed by atoms with E-state index in [9.17, 15) is 18.0 Å². The number of furan rings is 1. The highest BCUT2D eigenvalue weighted by Gasteiger charge is 2.24. The predicted octanol–water partition coefficient (Wildman–Crippen LogP) is 1.94. The van der Waals surface area contributed by atoms with Crippen LogP contribution >= 0.6 is 0 Å². The number of hydrogen-bond acceptors (Lipinski definition) is 5. The lowest BCUT2D eigenvalue weighted by atomic mass is 10.2. The lowest BCUT2D eigenvalue weighted by molar-refractivity contribution is -0.113. The molecule has 1 heterocycles. The van der Waals surface area contributed by atoms with Crippen molar-refractivity contribution in [3.05, 3.63) is 60.4 Å². The number of anilines is 1. The monoisotopic (exact) mass is 358 g/mol. The number of carbonyl (C=O) groups excluding carboxylic acids is 2. The molecule has 2 amide bonds. The molecule has 3 N–H and O–H groups in total. The molecule has 0 aliphatic heterocycles. The lowest BCUT2D eigenvalue weighted by Gasteiger charge is -2.06. The molecular weight excluding hydrogens is 344 g/mol. The number of sulfone groups is 1. The van der Waals surface area contributed by atoms with E-state index in [0.717, 1.165) is 0 Å². The average molecular weight is 358 g/mol. The zero-order valence-corrected chi connectivity index (χ0v) is 13.7. The molecule has 0 aliphatic rings. The molecule has 8 heteroatoms. The van der Waals surface area contributed by atoms with Crippen molar-refractivity contribution >= 4 is 38.3 Å². The zero-order valence-electron chi connectivity index (χ0n) is 12.9. The van der Waals surface area contributed by atoms with Crippen molar-refractivity contribution < 1.29 is 22.4 Å². The van der Waals surface area contributed by atoms with Gasteiger partial charge in [-0.2, -0.15) is 0 Å². The van der Waals surface area contributed by atoms with E-state index in [-0.39, 0.29) is 16.3 Å². The maximum atomic E-state index is 12.3. The van der Waals surface area contributed by atoms with Gasteiger partial charge in [0, 0.05) is 5.39 Å². The molecule has 1 aromatic heterocycles. The molecule has 0 fully saturated rings.